The van der Waals surface area contributed by atoms with E-state index in [0.29, 0.717) is 0 Å². The van der Waals surface area contributed by atoms with Crippen molar-refractivity contribution in [2.45, 2.75) is 38.9 Å². The van der Waals surface area contributed by atoms with Crippen molar-refractivity contribution in [3.63, 3.8) is 0 Å². The summed E-state index contributed by atoms with van der Waals surface area (Å²) in [6.07, 6.45) is 0. The lowest BCUT2D eigenvalue weighted by Gasteiger charge is -2.29. The van der Waals surface area contributed by atoms with Gasteiger partial charge in [-0.15, -0.1) is 0 Å². The van der Waals surface area contributed by atoms with Crippen LogP contribution in [0.3, 0.4) is 0 Å². The molecular weight excluding hydrogens is 200 g/mol. The molecule has 0 spiro atoms. The third-order valence-corrected chi connectivity index (χ3v) is 7.70. The van der Waals surface area contributed by atoms with Gasteiger partial charge in [-0.3, -0.25) is 0 Å². The molecule has 0 heterocycles. The Morgan fingerprint density at radius 2 is 1.73 bits per heavy atom. The van der Waals surface area contributed by atoms with Crippen LogP contribution in [0.4, 0.5) is 0 Å². The Balaban J connectivity index is 2.82. The van der Waals surface area contributed by atoms with Crippen LogP contribution in [0.2, 0.25) is 18.1 Å². The summed E-state index contributed by atoms with van der Waals surface area (Å²) >= 11 is 0. The predicted octanol–water partition coefficient (Wildman–Crippen LogP) is 4.25. The second-order valence-corrected chi connectivity index (χ2v) is 8.68. The monoisotopic (exact) mass is 221 g/mol. The number of hydrogen-bond acceptors (Lipinski definition) is 1. The van der Waals surface area contributed by atoms with Crippen LogP contribution in [0.15, 0.2) is 24.3 Å². The van der Waals surface area contributed by atoms with Crippen molar-refractivity contribution in [3.8, 4) is 5.75 Å². The fourth-order valence-electron chi connectivity index (χ4n) is 1.83. The fourth-order valence-corrected chi connectivity index (χ4v) is 4.39. The Kier molecular flexibility index (Phi) is 4.39. The van der Waals surface area contributed by atoms with Crippen molar-refractivity contribution in [1.29, 1.82) is 0 Å². The minimum absolute atomic E-state index is 1.000. The van der Waals surface area contributed by atoms with Gasteiger partial charge in [0.2, 0.25) is 8.32 Å². The molecule has 0 saturated heterocycles. The van der Waals surface area contributed by atoms with Gasteiger partial charge in [-0.2, -0.15) is 0 Å². The molecule has 0 amide bonds. The molecule has 0 aromatic heterocycles. The van der Waals surface area contributed by atoms with Gasteiger partial charge >= 0.3 is 0 Å². The SMILES string of the molecule is [CH2]c1cccc(O[Si](CC)(CC)CC)c1. The summed E-state index contributed by atoms with van der Waals surface area (Å²) in [7, 11) is -1.51. The molecule has 15 heavy (non-hydrogen) atoms. The van der Waals surface area contributed by atoms with Gasteiger partial charge in [-0.05, 0) is 42.8 Å². The minimum Gasteiger partial charge on any atom is -0.543 e. The van der Waals surface area contributed by atoms with Crippen molar-refractivity contribution < 1.29 is 4.43 Å². The first-order chi connectivity index (χ1) is 7.15. The lowest BCUT2D eigenvalue weighted by molar-refractivity contribution is 0.532. The molecule has 0 unspecified atom stereocenters. The number of benzene rings is 1. The molecule has 0 saturated carbocycles. The maximum atomic E-state index is 6.23. The Labute approximate surface area is 94.6 Å². The van der Waals surface area contributed by atoms with Gasteiger partial charge in [-0.1, -0.05) is 32.9 Å². The quantitative estimate of drug-likeness (QED) is 0.675. The molecule has 1 aromatic carbocycles. The summed E-state index contributed by atoms with van der Waals surface area (Å²) < 4.78 is 6.23. The first-order valence-electron chi connectivity index (χ1n) is 5.77. The third-order valence-electron chi connectivity index (χ3n) is 3.17. The summed E-state index contributed by atoms with van der Waals surface area (Å²) in [6, 6.07) is 11.6. The van der Waals surface area contributed by atoms with E-state index in [-0.39, 0.29) is 0 Å². The smallest absolute Gasteiger partial charge is 0.250 e. The maximum Gasteiger partial charge on any atom is 0.250 e. The van der Waals surface area contributed by atoms with E-state index in [9.17, 15) is 0 Å². The third kappa shape index (κ3) is 3.10. The highest BCUT2D eigenvalue weighted by Crippen LogP contribution is 2.25. The zero-order valence-corrected chi connectivity index (χ0v) is 11.0. The second-order valence-electron chi connectivity index (χ2n) is 3.99. The van der Waals surface area contributed by atoms with Crippen LogP contribution in [0.1, 0.15) is 26.3 Å². The van der Waals surface area contributed by atoms with Gasteiger partial charge in [0.05, 0.1) is 0 Å². The van der Waals surface area contributed by atoms with Crippen LogP contribution in [0.25, 0.3) is 0 Å². The van der Waals surface area contributed by atoms with E-state index < -0.39 is 8.32 Å². The molecular formula is C13H21OSi. The normalized spacial score (nSPS) is 11.5. The Morgan fingerprint density at radius 1 is 1.13 bits per heavy atom. The van der Waals surface area contributed by atoms with Crippen molar-refractivity contribution in [3.05, 3.63) is 36.8 Å². The first kappa shape index (κ1) is 12.3. The van der Waals surface area contributed by atoms with E-state index in [0.717, 1.165) is 11.3 Å². The van der Waals surface area contributed by atoms with Crippen LogP contribution < -0.4 is 4.43 Å². The highest BCUT2D eigenvalue weighted by Gasteiger charge is 2.30. The van der Waals surface area contributed by atoms with E-state index in [1.165, 1.54) is 18.1 Å². The molecule has 0 aliphatic heterocycles. The molecule has 0 aliphatic carbocycles. The highest BCUT2D eigenvalue weighted by atomic mass is 28.4. The molecule has 0 N–H and O–H groups in total. The average molecular weight is 221 g/mol. The van der Waals surface area contributed by atoms with E-state index in [1.54, 1.807) is 0 Å². The topological polar surface area (TPSA) is 9.23 Å². The average Bonchev–Trinajstić information content (AvgIpc) is 2.26. The standard InChI is InChI=1S/C13H21OSi/c1-5-15(6-2,7-3)14-13-10-8-9-12(4)11-13/h8-11H,4-7H2,1-3H3. The molecule has 1 nitrogen and oxygen atoms in total. The van der Waals surface area contributed by atoms with Gasteiger partial charge < -0.3 is 4.43 Å². The number of rotatable bonds is 5. The summed E-state index contributed by atoms with van der Waals surface area (Å²) in [6.45, 7) is 10.7. The summed E-state index contributed by atoms with van der Waals surface area (Å²) in [5.41, 5.74) is 1.03. The number of hydrogen-bond donors (Lipinski definition) is 0. The van der Waals surface area contributed by atoms with Crippen LogP contribution in [0.5, 0.6) is 5.75 Å². The summed E-state index contributed by atoms with van der Waals surface area (Å²) in [5, 5.41) is 0. The Morgan fingerprint density at radius 3 is 2.20 bits per heavy atom. The van der Waals surface area contributed by atoms with E-state index in [4.69, 9.17) is 4.43 Å². The molecule has 2 heteroatoms. The molecule has 1 radical (unpaired) electrons. The van der Waals surface area contributed by atoms with E-state index in [1.807, 2.05) is 24.3 Å². The predicted molar refractivity (Wildman–Crippen MR) is 68.7 cm³/mol. The fraction of sp³-hybridized carbons (Fsp3) is 0.462. The van der Waals surface area contributed by atoms with Crippen LogP contribution in [-0.4, -0.2) is 8.32 Å². The van der Waals surface area contributed by atoms with Crippen molar-refractivity contribution in [2.24, 2.45) is 0 Å². The maximum absolute atomic E-state index is 6.23. The Bertz CT molecular complexity index is 297. The summed E-state index contributed by atoms with van der Waals surface area (Å²) in [4.78, 5) is 0. The van der Waals surface area contributed by atoms with Crippen LogP contribution >= 0.6 is 0 Å². The highest BCUT2D eigenvalue weighted by molar-refractivity contribution is 6.74. The second kappa shape index (κ2) is 5.36. The molecule has 0 bridgehead atoms. The first-order valence-corrected chi connectivity index (χ1v) is 8.29. The molecule has 1 aromatic rings. The largest absolute Gasteiger partial charge is 0.543 e. The zero-order valence-electron chi connectivity index (χ0n) is 10.0. The molecule has 83 valence electrons. The van der Waals surface area contributed by atoms with Crippen LogP contribution in [-0.2, 0) is 0 Å². The lowest BCUT2D eigenvalue weighted by atomic mass is 10.2. The van der Waals surface area contributed by atoms with E-state index in [2.05, 4.69) is 27.7 Å². The van der Waals surface area contributed by atoms with Crippen molar-refractivity contribution in [2.75, 3.05) is 0 Å². The van der Waals surface area contributed by atoms with Gasteiger partial charge in [-0.25, -0.2) is 0 Å². The molecule has 1 rings (SSSR count). The molecule has 0 aliphatic rings. The lowest BCUT2D eigenvalue weighted by Crippen LogP contribution is -2.39. The summed E-state index contributed by atoms with van der Waals surface area (Å²) in [5.74, 6) is 1.000. The van der Waals surface area contributed by atoms with Crippen molar-refractivity contribution >= 4 is 8.32 Å². The van der Waals surface area contributed by atoms with Gasteiger partial charge in [0.15, 0.2) is 0 Å². The Hall–Kier alpha value is -0.763. The molecule has 0 atom stereocenters. The van der Waals surface area contributed by atoms with Crippen molar-refractivity contribution in [1.82, 2.24) is 0 Å². The van der Waals surface area contributed by atoms with E-state index >= 15 is 0 Å². The molecule has 0 fully saturated rings. The van der Waals surface area contributed by atoms with Gasteiger partial charge in [0.1, 0.15) is 5.75 Å². The van der Waals surface area contributed by atoms with Gasteiger partial charge in [0.25, 0.3) is 0 Å². The zero-order chi connectivity index (χ0) is 11.3. The van der Waals surface area contributed by atoms with Gasteiger partial charge in [0, 0.05) is 0 Å². The minimum atomic E-state index is -1.51. The van der Waals surface area contributed by atoms with Crippen LogP contribution in [0, 0.1) is 6.92 Å².